The van der Waals surface area contributed by atoms with Crippen LogP contribution in [0.3, 0.4) is 0 Å². The second kappa shape index (κ2) is 5.22. The van der Waals surface area contributed by atoms with E-state index in [2.05, 4.69) is 36.5 Å². The van der Waals surface area contributed by atoms with Crippen LogP contribution in [0.1, 0.15) is 57.4 Å². The summed E-state index contributed by atoms with van der Waals surface area (Å²) < 4.78 is 12.9. The Labute approximate surface area is 145 Å². The van der Waals surface area contributed by atoms with Gasteiger partial charge in [0.15, 0.2) is 0 Å². The zero-order valence-electron chi connectivity index (χ0n) is 14.8. The smallest absolute Gasteiger partial charge is 0.124 e. The Kier molecular flexibility index (Phi) is 3.31. The number of benzene rings is 1. The second-order valence-electron chi connectivity index (χ2n) is 8.39. The maximum atomic E-state index is 6.75. The van der Waals surface area contributed by atoms with Crippen molar-refractivity contribution in [3.8, 4) is 5.75 Å². The third kappa shape index (κ3) is 1.70. The quantitative estimate of drug-likeness (QED) is 0.853. The van der Waals surface area contributed by atoms with Gasteiger partial charge in [0.05, 0.1) is 6.61 Å². The number of nitrogens with one attached hydrogen (secondary N) is 1. The van der Waals surface area contributed by atoms with E-state index in [1.807, 2.05) is 0 Å². The Bertz CT molecular complexity index is 646. The molecule has 4 bridgehead atoms. The first-order chi connectivity index (χ1) is 11.8. The standard InChI is InChI=1S/C21H29NO2/c1-2-14-23-15-19-10-11-20-9-5-8-18(19)21(20,12-13-22-19)16-6-3-4-7-17(16)24-20/h3-4,6-7,18,22H,2,5,8-15H2,1H3. The number of piperidine rings is 1. The van der Waals surface area contributed by atoms with Gasteiger partial charge in [-0.05, 0) is 63.5 Å². The molecule has 4 unspecified atom stereocenters. The average Bonchev–Trinajstić information content (AvgIpc) is 2.89. The molecule has 1 N–H and O–H groups in total. The molecule has 4 aliphatic rings. The van der Waals surface area contributed by atoms with E-state index >= 15 is 0 Å². The van der Waals surface area contributed by atoms with E-state index in [0.717, 1.165) is 31.9 Å². The number of ether oxygens (including phenoxy) is 2. The summed E-state index contributed by atoms with van der Waals surface area (Å²) in [5.41, 5.74) is 1.91. The van der Waals surface area contributed by atoms with Gasteiger partial charge in [0.1, 0.15) is 11.4 Å². The van der Waals surface area contributed by atoms with Gasteiger partial charge >= 0.3 is 0 Å². The molecule has 0 radical (unpaired) electrons. The van der Waals surface area contributed by atoms with E-state index in [1.54, 1.807) is 0 Å². The molecule has 1 aromatic carbocycles. The molecule has 1 aromatic rings. The van der Waals surface area contributed by atoms with Crippen LogP contribution < -0.4 is 10.1 Å². The van der Waals surface area contributed by atoms with Gasteiger partial charge in [0.25, 0.3) is 0 Å². The number of fused-ring (bicyclic) bond motifs is 1. The summed E-state index contributed by atoms with van der Waals surface area (Å²) in [6.07, 6.45) is 8.49. The van der Waals surface area contributed by atoms with Gasteiger partial charge in [-0.1, -0.05) is 25.1 Å². The van der Waals surface area contributed by atoms with Crippen molar-refractivity contribution in [2.24, 2.45) is 5.92 Å². The van der Waals surface area contributed by atoms with Crippen molar-refractivity contribution >= 4 is 0 Å². The molecule has 3 fully saturated rings. The van der Waals surface area contributed by atoms with Crippen LogP contribution >= 0.6 is 0 Å². The minimum Gasteiger partial charge on any atom is -0.486 e. The fraction of sp³-hybridized carbons (Fsp3) is 0.714. The van der Waals surface area contributed by atoms with Crippen molar-refractivity contribution in [1.29, 1.82) is 0 Å². The first kappa shape index (κ1) is 15.2. The van der Waals surface area contributed by atoms with Crippen LogP contribution in [0.5, 0.6) is 5.75 Å². The third-order valence-corrected chi connectivity index (χ3v) is 7.50. The molecule has 24 heavy (non-hydrogen) atoms. The number of para-hydroxylation sites is 1. The molecule has 1 spiro atoms. The Morgan fingerprint density at radius 3 is 3.04 bits per heavy atom. The minimum atomic E-state index is 0.0515. The van der Waals surface area contributed by atoms with Crippen molar-refractivity contribution in [3.05, 3.63) is 29.8 Å². The highest BCUT2D eigenvalue weighted by Gasteiger charge is 2.72. The highest BCUT2D eigenvalue weighted by molar-refractivity contribution is 5.51. The summed E-state index contributed by atoms with van der Waals surface area (Å²) >= 11 is 0. The second-order valence-corrected chi connectivity index (χ2v) is 8.39. The van der Waals surface area contributed by atoms with Crippen LogP contribution in [0.2, 0.25) is 0 Å². The zero-order valence-corrected chi connectivity index (χ0v) is 14.8. The van der Waals surface area contributed by atoms with Gasteiger partial charge in [-0.15, -0.1) is 0 Å². The van der Waals surface area contributed by atoms with Gasteiger partial charge in [-0.3, -0.25) is 0 Å². The van der Waals surface area contributed by atoms with Gasteiger partial charge in [0, 0.05) is 23.1 Å². The van der Waals surface area contributed by atoms with E-state index in [0.29, 0.717) is 5.92 Å². The van der Waals surface area contributed by atoms with Crippen LogP contribution in [0.25, 0.3) is 0 Å². The fourth-order valence-corrected chi connectivity index (χ4v) is 6.71. The Hall–Kier alpha value is -1.06. The van der Waals surface area contributed by atoms with Crippen LogP contribution in [0.4, 0.5) is 0 Å². The van der Waals surface area contributed by atoms with Crippen molar-refractivity contribution in [3.63, 3.8) is 0 Å². The highest BCUT2D eigenvalue weighted by Crippen LogP contribution is 2.68. The Balaban J connectivity index is 1.62. The Morgan fingerprint density at radius 1 is 1.21 bits per heavy atom. The molecule has 130 valence electrons. The Morgan fingerprint density at radius 2 is 2.12 bits per heavy atom. The van der Waals surface area contributed by atoms with Crippen molar-refractivity contribution in [2.45, 2.75) is 68.4 Å². The largest absolute Gasteiger partial charge is 0.486 e. The van der Waals surface area contributed by atoms with Gasteiger partial charge in [-0.25, -0.2) is 0 Å². The monoisotopic (exact) mass is 327 g/mol. The molecule has 4 atom stereocenters. The SMILES string of the molecule is CCCOCC12CCC34CCCC1C3(CCN2)c1ccccc1O4. The molecule has 3 heteroatoms. The first-order valence-corrected chi connectivity index (χ1v) is 9.88. The lowest BCUT2D eigenvalue weighted by Gasteiger charge is -2.66. The molecular formula is C21H29NO2. The van der Waals surface area contributed by atoms with Gasteiger partial charge in [-0.2, -0.15) is 0 Å². The van der Waals surface area contributed by atoms with E-state index < -0.39 is 0 Å². The fourth-order valence-electron chi connectivity index (χ4n) is 6.71. The maximum absolute atomic E-state index is 6.75. The van der Waals surface area contributed by atoms with Crippen molar-refractivity contribution in [1.82, 2.24) is 5.32 Å². The van der Waals surface area contributed by atoms with E-state index in [1.165, 1.54) is 44.1 Å². The highest BCUT2D eigenvalue weighted by atomic mass is 16.5. The minimum absolute atomic E-state index is 0.0515. The van der Waals surface area contributed by atoms with E-state index in [9.17, 15) is 0 Å². The molecule has 1 saturated heterocycles. The summed E-state index contributed by atoms with van der Waals surface area (Å²) in [6.45, 7) is 5.03. The lowest BCUT2D eigenvalue weighted by Crippen LogP contribution is -2.76. The van der Waals surface area contributed by atoms with Gasteiger partial charge < -0.3 is 14.8 Å². The van der Waals surface area contributed by atoms with Crippen molar-refractivity contribution < 1.29 is 9.47 Å². The topological polar surface area (TPSA) is 30.5 Å². The molecular weight excluding hydrogens is 298 g/mol. The molecule has 2 aliphatic carbocycles. The number of hydrogen-bond donors (Lipinski definition) is 1. The molecule has 5 rings (SSSR count). The summed E-state index contributed by atoms with van der Waals surface area (Å²) in [5, 5.41) is 3.93. The van der Waals surface area contributed by atoms with Crippen LogP contribution in [-0.4, -0.2) is 30.9 Å². The summed E-state index contributed by atoms with van der Waals surface area (Å²) in [7, 11) is 0. The summed E-state index contributed by atoms with van der Waals surface area (Å²) in [6, 6.07) is 8.89. The zero-order chi connectivity index (χ0) is 16.3. The normalized spacial score (nSPS) is 42.1. The first-order valence-electron chi connectivity index (χ1n) is 9.88. The van der Waals surface area contributed by atoms with Crippen LogP contribution in [0, 0.1) is 5.92 Å². The van der Waals surface area contributed by atoms with Crippen molar-refractivity contribution in [2.75, 3.05) is 19.8 Å². The lowest BCUT2D eigenvalue weighted by atomic mass is 9.43. The van der Waals surface area contributed by atoms with E-state index in [4.69, 9.17) is 9.47 Å². The molecule has 2 heterocycles. The molecule has 2 aliphatic heterocycles. The lowest BCUT2D eigenvalue weighted by molar-refractivity contribution is -0.156. The summed E-state index contributed by atoms with van der Waals surface area (Å²) in [5.74, 6) is 1.80. The van der Waals surface area contributed by atoms with E-state index in [-0.39, 0.29) is 16.6 Å². The average molecular weight is 327 g/mol. The predicted molar refractivity (Wildman–Crippen MR) is 94.5 cm³/mol. The van der Waals surface area contributed by atoms with Gasteiger partial charge in [0.2, 0.25) is 0 Å². The molecule has 0 amide bonds. The third-order valence-electron chi connectivity index (χ3n) is 7.50. The number of hydrogen-bond acceptors (Lipinski definition) is 3. The predicted octanol–water partition coefficient (Wildman–Crippen LogP) is 3.81. The summed E-state index contributed by atoms with van der Waals surface area (Å²) in [4.78, 5) is 0. The molecule has 0 aromatic heterocycles. The number of rotatable bonds is 4. The van der Waals surface area contributed by atoms with Crippen LogP contribution in [-0.2, 0) is 10.2 Å². The maximum Gasteiger partial charge on any atom is 0.124 e. The molecule has 3 nitrogen and oxygen atoms in total. The molecule has 2 saturated carbocycles. The van der Waals surface area contributed by atoms with Crippen LogP contribution in [0.15, 0.2) is 24.3 Å².